The lowest BCUT2D eigenvalue weighted by Crippen LogP contribution is -2.50. The summed E-state index contributed by atoms with van der Waals surface area (Å²) >= 11 is 0. The molecule has 4 rings (SSSR count). The molecule has 3 aliphatic heterocycles. The van der Waals surface area contributed by atoms with Crippen LogP contribution in [0.1, 0.15) is 23.2 Å². The minimum absolute atomic E-state index is 0.0244. The van der Waals surface area contributed by atoms with E-state index >= 15 is 0 Å². The first-order valence-corrected chi connectivity index (χ1v) is 5.73. The van der Waals surface area contributed by atoms with Gasteiger partial charge in [0.25, 0.3) is 0 Å². The Morgan fingerprint density at radius 2 is 1.94 bits per heavy atom. The molecule has 3 aliphatic rings. The van der Waals surface area contributed by atoms with Crippen LogP contribution in [0.3, 0.4) is 0 Å². The minimum Gasteiger partial charge on any atom is -0.296 e. The zero-order valence-electron chi connectivity index (χ0n) is 8.73. The summed E-state index contributed by atoms with van der Waals surface area (Å²) in [4.78, 5) is 12.3. The Hall–Kier alpha value is -1.23. The van der Waals surface area contributed by atoms with Crippen LogP contribution in [0.15, 0.2) is 24.3 Å². The lowest BCUT2D eigenvalue weighted by molar-refractivity contribution is -0.125. The van der Waals surface area contributed by atoms with Crippen molar-refractivity contribution in [3.63, 3.8) is 0 Å². The molecule has 0 saturated carbocycles. The number of hydrogen-bond acceptors (Lipinski definition) is 4. The second-order valence-corrected chi connectivity index (χ2v) is 4.78. The van der Waals surface area contributed by atoms with Crippen LogP contribution in [0, 0.1) is 5.92 Å². The van der Waals surface area contributed by atoms with Crippen LogP contribution in [-0.2, 0) is 4.79 Å². The molecule has 0 spiro atoms. The molecule has 0 radical (unpaired) electrons. The van der Waals surface area contributed by atoms with Crippen molar-refractivity contribution in [1.29, 1.82) is 0 Å². The SMILES string of the molecule is O=C1C2NC(c3ccccc32)C2CNNC12. The Labute approximate surface area is 93.4 Å². The molecule has 2 saturated heterocycles. The first kappa shape index (κ1) is 8.87. The van der Waals surface area contributed by atoms with E-state index in [1.807, 2.05) is 6.07 Å². The first-order chi connectivity index (χ1) is 7.86. The Bertz CT molecular complexity index is 473. The molecule has 3 heterocycles. The molecular weight excluding hydrogens is 202 g/mol. The topological polar surface area (TPSA) is 53.2 Å². The third-order valence-electron chi connectivity index (χ3n) is 4.03. The van der Waals surface area contributed by atoms with Gasteiger partial charge in [0.05, 0.1) is 12.1 Å². The maximum Gasteiger partial charge on any atom is 0.172 e. The molecule has 1 aromatic carbocycles. The van der Waals surface area contributed by atoms with E-state index in [0.717, 1.165) is 6.54 Å². The molecule has 4 unspecified atom stereocenters. The zero-order valence-corrected chi connectivity index (χ0v) is 8.73. The number of fused-ring (bicyclic) bond motifs is 7. The quantitative estimate of drug-likeness (QED) is 0.572. The van der Waals surface area contributed by atoms with Crippen molar-refractivity contribution in [3.05, 3.63) is 35.4 Å². The molecule has 0 amide bonds. The highest BCUT2D eigenvalue weighted by Crippen LogP contribution is 2.44. The number of piperidine rings is 1. The van der Waals surface area contributed by atoms with Crippen LogP contribution in [-0.4, -0.2) is 18.4 Å². The molecule has 4 nitrogen and oxygen atoms in total. The molecular formula is C12H13N3O. The average molecular weight is 215 g/mol. The van der Waals surface area contributed by atoms with Crippen molar-refractivity contribution < 1.29 is 4.79 Å². The van der Waals surface area contributed by atoms with Gasteiger partial charge in [0.15, 0.2) is 5.78 Å². The highest BCUT2D eigenvalue weighted by atomic mass is 16.1. The number of hydrazine groups is 1. The van der Waals surface area contributed by atoms with Gasteiger partial charge in [-0.25, -0.2) is 5.43 Å². The van der Waals surface area contributed by atoms with Gasteiger partial charge < -0.3 is 0 Å². The second-order valence-electron chi connectivity index (χ2n) is 4.78. The van der Waals surface area contributed by atoms with E-state index in [-0.39, 0.29) is 17.9 Å². The van der Waals surface area contributed by atoms with Gasteiger partial charge in [-0.2, -0.15) is 0 Å². The third kappa shape index (κ3) is 0.923. The number of hydrogen-bond donors (Lipinski definition) is 3. The van der Waals surface area contributed by atoms with E-state index in [4.69, 9.17) is 0 Å². The van der Waals surface area contributed by atoms with Gasteiger partial charge in [-0.3, -0.25) is 15.5 Å². The van der Waals surface area contributed by atoms with Crippen LogP contribution in [0.4, 0.5) is 0 Å². The zero-order chi connectivity index (χ0) is 10.7. The fourth-order valence-electron chi connectivity index (χ4n) is 3.29. The molecule has 1 aromatic rings. The van der Waals surface area contributed by atoms with Crippen molar-refractivity contribution in [1.82, 2.24) is 16.2 Å². The maximum atomic E-state index is 12.3. The Kier molecular flexibility index (Phi) is 1.61. The summed E-state index contributed by atoms with van der Waals surface area (Å²) in [5.74, 6) is 0.614. The summed E-state index contributed by atoms with van der Waals surface area (Å²) in [7, 11) is 0. The summed E-state index contributed by atoms with van der Waals surface area (Å²) in [6.45, 7) is 0.856. The van der Waals surface area contributed by atoms with E-state index < -0.39 is 0 Å². The number of ketones is 1. The molecule has 4 heteroatoms. The smallest absolute Gasteiger partial charge is 0.172 e. The second kappa shape index (κ2) is 2.91. The molecule has 2 fully saturated rings. The lowest BCUT2D eigenvalue weighted by atomic mass is 9.86. The molecule has 0 aromatic heterocycles. The van der Waals surface area contributed by atoms with Gasteiger partial charge in [-0.15, -0.1) is 0 Å². The highest BCUT2D eigenvalue weighted by molar-refractivity contribution is 5.93. The Balaban J connectivity index is 1.90. The van der Waals surface area contributed by atoms with Gasteiger partial charge in [-0.1, -0.05) is 24.3 Å². The van der Waals surface area contributed by atoms with E-state index in [1.54, 1.807) is 0 Å². The molecule has 82 valence electrons. The Morgan fingerprint density at radius 1 is 1.12 bits per heavy atom. The van der Waals surface area contributed by atoms with E-state index in [1.165, 1.54) is 11.1 Å². The summed E-state index contributed by atoms with van der Waals surface area (Å²) in [5, 5.41) is 3.45. The molecule has 16 heavy (non-hydrogen) atoms. The fraction of sp³-hybridized carbons (Fsp3) is 0.417. The maximum absolute atomic E-state index is 12.3. The fourth-order valence-corrected chi connectivity index (χ4v) is 3.29. The van der Waals surface area contributed by atoms with Crippen LogP contribution in [0.25, 0.3) is 0 Å². The van der Waals surface area contributed by atoms with Crippen molar-refractivity contribution in [2.45, 2.75) is 18.1 Å². The van der Waals surface area contributed by atoms with Crippen LogP contribution in [0.5, 0.6) is 0 Å². The van der Waals surface area contributed by atoms with E-state index in [2.05, 4.69) is 34.4 Å². The van der Waals surface area contributed by atoms with Crippen molar-refractivity contribution in [2.24, 2.45) is 5.92 Å². The van der Waals surface area contributed by atoms with E-state index in [9.17, 15) is 4.79 Å². The van der Waals surface area contributed by atoms with Gasteiger partial charge in [0, 0.05) is 18.5 Å². The van der Waals surface area contributed by atoms with E-state index in [0.29, 0.717) is 12.0 Å². The Morgan fingerprint density at radius 3 is 2.81 bits per heavy atom. The van der Waals surface area contributed by atoms with Crippen LogP contribution >= 0.6 is 0 Å². The van der Waals surface area contributed by atoms with Gasteiger partial charge in [-0.05, 0) is 11.1 Å². The molecule has 0 aliphatic carbocycles. The number of nitrogens with one attached hydrogen (secondary N) is 3. The predicted octanol–water partition coefficient (Wildman–Crippen LogP) is 0.0473. The normalized spacial score (nSPS) is 39.6. The summed E-state index contributed by atoms with van der Waals surface area (Å²) < 4.78 is 0. The number of rotatable bonds is 0. The minimum atomic E-state index is -0.102. The highest BCUT2D eigenvalue weighted by Gasteiger charge is 2.51. The van der Waals surface area contributed by atoms with Crippen molar-refractivity contribution in [3.8, 4) is 0 Å². The monoisotopic (exact) mass is 215 g/mol. The number of carbonyl (C=O) groups excluding carboxylic acids is 1. The third-order valence-corrected chi connectivity index (χ3v) is 4.03. The van der Waals surface area contributed by atoms with Crippen molar-refractivity contribution >= 4 is 5.78 Å². The average Bonchev–Trinajstić information content (AvgIpc) is 2.91. The predicted molar refractivity (Wildman–Crippen MR) is 58.5 cm³/mol. The summed E-state index contributed by atoms with van der Waals surface area (Å²) in [6, 6.07) is 8.47. The standard InChI is InChI=1S/C12H13N3O/c16-12-10-7-4-2-1-3-6(7)9(14-10)8-5-13-15-11(8)12/h1-4,8-11,13-15H,5H2. The lowest BCUT2D eigenvalue weighted by Gasteiger charge is -2.30. The number of benzene rings is 1. The van der Waals surface area contributed by atoms with Gasteiger partial charge in [0.2, 0.25) is 0 Å². The number of carbonyl (C=O) groups is 1. The van der Waals surface area contributed by atoms with Gasteiger partial charge >= 0.3 is 0 Å². The summed E-state index contributed by atoms with van der Waals surface area (Å²) in [6.07, 6.45) is 0. The number of Topliss-reactive ketones (excluding diaryl/α,β-unsaturated/α-hetero) is 1. The first-order valence-electron chi connectivity index (χ1n) is 5.73. The molecule has 3 N–H and O–H groups in total. The van der Waals surface area contributed by atoms with Gasteiger partial charge in [0.1, 0.15) is 0 Å². The van der Waals surface area contributed by atoms with Crippen LogP contribution in [0.2, 0.25) is 0 Å². The summed E-state index contributed by atoms with van der Waals surface area (Å²) in [5.41, 5.74) is 8.68. The van der Waals surface area contributed by atoms with Crippen molar-refractivity contribution in [2.75, 3.05) is 6.54 Å². The largest absolute Gasteiger partial charge is 0.296 e. The molecule has 2 bridgehead atoms. The molecule has 4 atom stereocenters. The van der Waals surface area contributed by atoms with Crippen LogP contribution < -0.4 is 16.2 Å².